The van der Waals surface area contributed by atoms with Crippen LogP contribution in [0.1, 0.15) is 65.7 Å². The summed E-state index contributed by atoms with van der Waals surface area (Å²) in [6, 6.07) is 0. The van der Waals surface area contributed by atoms with Gasteiger partial charge in [-0.1, -0.05) is 33.8 Å². The minimum atomic E-state index is -0.379. The van der Waals surface area contributed by atoms with Crippen LogP contribution in [0.15, 0.2) is 12.2 Å². The molecular weight excluding hydrogens is 272 g/mol. The Morgan fingerprint density at radius 1 is 1.09 bits per heavy atom. The van der Waals surface area contributed by atoms with Crippen LogP contribution in [-0.2, 0) is 9.59 Å². The van der Waals surface area contributed by atoms with E-state index in [2.05, 4.69) is 27.4 Å². The molecule has 0 heterocycles. The van der Waals surface area contributed by atoms with E-state index in [1.54, 1.807) is 0 Å². The lowest BCUT2D eigenvalue weighted by atomic mass is 9.41. The summed E-state index contributed by atoms with van der Waals surface area (Å²) in [5.41, 5.74) is 0.548. The predicted octanol–water partition coefficient (Wildman–Crippen LogP) is 4.33. The zero-order valence-electron chi connectivity index (χ0n) is 14.2. The molecule has 2 nitrogen and oxygen atoms in total. The summed E-state index contributed by atoms with van der Waals surface area (Å²) in [5.74, 6) is 1.50. The molecule has 2 heteroatoms. The average Bonchev–Trinajstić information content (AvgIpc) is 2.58. The van der Waals surface area contributed by atoms with Gasteiger partial charge in [-0.05, 0) is 60.3 Å². The van der Waals surface area contributed by atoms with E-state index in [0.29, 0.717) is 24.0 Å². The number of carbonyl (C=O) groups excluding carboxylic acids is 2. The summed E-state index contributed by atoms with van der Waals surface area (Å²) in [6.07, 6.45) is 7.07. The Balaban J connectivity index is 1.85. The van der Waals surface area contributed by atoms with E-state index in [0.717, 1.165) is 37.7 Å². The Bertz CT molecular complexity index is 587. The molecule has 0 amide bonds. The highest BCUT2D eigenvalue weighted by Crippen LogP contribution is 2.70. The van der Waals surface area contributed by atoms with Crippen LogP contribution in [0.5, 0.6) is 0 Å². The van der Waals surface area contributed by atoms with Crippen molar-refractivity contribution in [3.63, 3.8) is 0 Å². The maximum atomic E-state index is 13.2. The van der Waals surface area contributed by atoms with Crippen molar-refractivity contribution >= 4 is 11.6 Å². The molecule has 0 N–H and O–H groups in total. The fraction of sp³-hybridized carbons (Fsp3) is 0.800. The molecule has 5 atom stereocenters. The number of carbonyl (C=O) groups is 2. The van der Waals surface area contributed by atoms with Crippen LogP contribution in [0.2, 0.25) is 0 Å². The number of hydrogen-bond acceptors (Lipinski definition) is 2. The topological polar surface area (TPSA) is 34.1 Å². The molecule has 4 fully saturated rings. The molecule has 0 aromatic heterocycles. The molecule has 0 radical (unpaired) electrons. The van der Waals surface area contributed by atoms with Crippen molar-refractivity contribution in [2.45, 2.75) is 65.7 Å². The number of allylic oxidation sites excluding steroid dienone is 1. The largest absolute Gasteiger partial charge is 0.299 e. The monoisotopic (exact) mass is 300 g/mol. The van der Waals surface area contributed by atoms with Crippen molar-refractivity contribution in [1.82, 2.24) is 0 Å². The third kappa shape index (κ3) is 1.52. The van der Waals surface area contributed by atoms with Crippen molar-refractivity contribution in [2.75, 3.05) is 0 Å². The lowest BCUT2D eigenvalue weighted by Crippen LogP contribution is -2.61. The highest BCUT2D eigenvalue weighted by atomic mass is 16.1. The molecule has 4 aliphatic rings. The summed E-state index contributed by atoms with van der Waals surface area (Å²) < 4.78 is 0. The fourth-order valence-electron chi connectivity index (χ4n) is 7.32. The van der Waals surface area contributed by atoms with E-state index >= 15 is 0 Å². The number of hydrogen-bond donors (Lipinski definition) is 0. The Labute approximate surface area is 133 Å². The highest BCUT2D eigenvalue weighted by Gasteiger charge is 2.68. The van der Waals surface area contributed by atoms with Crippen LogP contribution in [-0.4, -0.2) is 11.6 Å². The minimum absolute atomic E-state index is 0.0162. The first kappa shape index (κ1) is 14.7. The summed E-state index contributed by atoms with van der Waals surface area (Å²) in [5, 5.41) is 0. The van der Waals surface area contributed by atoms with Crippen LogP contribution in [0.25, 0.3) is 0 Å². The minimum Gasteiger partial charge on any atom is -0.299 e. The number of rotatable bonds is 0. The van der Waals surface area contributed by atoms with E-state index in [-0.39, 0.29) is 27.9 Å². The number of fused-ring (bicyclic) bond motifs is 3. The van der Waals surface area contributed by atoms with Crippen LogP contribution >= 0.6 is 0 Å². The molecule has 22 heavy (non-hydrogen) atoms. The van der Waals surface area contributed by atoms with Gasteiger partial charge in [0.25, 0.3) is 0 Å². The van der Waals surface area contributed by atoms with E-state index in [1.807, 2.05) is 0 Å². The molecule has 4 rings (SSSR count). The first-order chi connectivity index (χ1) is 10.2. The lowest BCUT2D eigenvalue weighted by Gasteiger charge is -2.62. The van der Waals surface area contributed by atoms with Crippen molar-refractivity contribution in [2.24, 2.45) is 34.0 Å². The van der Waals surface area contributed by atoms with Gasteiger partial charge in [0.1, 0.15) is 5.78 Å². The predicted molar refractivity (Wildman–Crippen MR) is 86.3 cm³/mol. The van der Waals surface area contributed by atoms with Gasteiger partial charge in [-0.3, -0.25) is 9.59 Å². The summed E-state index contributed by atoms with van der Waals surface area (Å²) >= 11 is 0. The zero-order valence-corrected chi connectivity index (χ0v) is 14.2. The normalized spacial score (nSPS) is 49.8. The maximum Gasteiger partial charge on any atom is 0.165 e. The van der Waals surface area contributed by atoms with E-state index < -0.39 is 0 Å². The first-order valence-corrected chi connectivity index (χ1v) is 8.99. The van der Waals surface area contributed by atoms with Gasteiger partial charge in [-0.15, -0.1) is 0 Å². The van der Waals surface area contributed by atoms with Gasteiger partial charge in [-0.25, -0.2) is 0 Å². The Kier molecular flexibility index (Phi) is 2.75. The van der Waals surface area contributed by atoms with Crippen LogP contribution in [0.4, 0.5) is 0 Å². The summed E-state index contributed by atoms with van der Waals surface area (Å²) in [7, 11) is 0. The second-order valence-electron chi connectivity index (χ2n) is 9.47. The summed E-state index contributed by atoms with van der Waals surface area (Å²) in [6.45, 7) is 11.0. The van der Waals surface area contributed by atoms with Crippen LogP contribution in [0.3, 0.4) is 0 Å². The molecule has 4 aliphatic carbocycles. The fourth-order valence-corrected chi connectivity index (χ4v) is 7.32. The molecule has 0 aromatic carbocycles. The molecule has 2 bridgehead atoms. The maximum absolute atomic E-state index is 13.2. The van der Waals surface area contributed by atoms with Crippen molar-refractivity contribution in [3.05, 3.63) is 12.2 Å². The third-order valence-electron chi connectivity index (χ3n) is 7.90. The Hall–Kier alpha value is -0.920. The van der Waals surface area contributed by atoms with Crippen LogP contribution < -0.4 is 0 Å². The highest BCUT2D eigenvalue weighted by molar-refractivity contribution is 6.06. The molecule has 0 aromatic rings. The molecule has 4 saturated carbocycles. The molecule has 120 valence electrons. The molecule has 0 aliphatic heterocycles. The second kappa shape index (κ2) is 4.13. The Morgan fingerprint density at radius 2 is 1.82 bits per heavy atom. The Morgan fingerprint density at radius 3 is 2.55 bits per heavy atom. The van der Waals surface area contributed by atoms with Gasteiger partial charge in [-0.2, -0.15) is 0 Å². The average molecular weight is 300 g/mol. The van der Waals surface area contributed by atoms with E-state index in [4.69, 9.17) is 0 Å². The van der Waals surface area contributed by atoms with Gasteiger partial charge in [0.15, 0.2) is 5.78 Å². The van der Waals surface area contributed by atoms with Gasteiger partial charge < -0.3 is 0 Å². The van der Waals surface area contributed by atoms with Crippen molar-refractivity contribution < 1.29 is 9.59 Å². The first-order valence-electron chi connectivity index (χ1n) is 8.99. The van der Waals surface area contributed by atoms with Crippen LogP contribution in [0, 0.1) is 34.0 Å². The van der Waals surface area contributed by atoms with E-state index in [9.17, 15) is 9.59 Å². The van der Waals surface area contributed by atoms with Crippen molar-refractivity contribution in [3.8, 4) is 0 Å². The zero-order chi connectivity index (χ0) is 15.9. The van der Waals surface area contributed by atoms with Crippen molar-refractivity contribution in [1.29, 1.82) is 0 Å². The van der Waals surface area contributed by atoms with Gasteiger partial charge in [0.2, 0.25) is 0 Å². The molecular formula is C20H28O2. The number of ketones is 2. The smallest absolute Gasteiger partial charge is 0.165 e. The second-order valence-corrected chi connectivity index (χ2v) is 9.47. The third-order valence-corrected chi connectivity index (χ3v) is 7.90. The van der Waals surface area contributed by atoms with Gasteiger partial charge in [0.05, 0.1) is 0 Å². The SMILES string of the molecule is C=C1C(=O)[C@@]23CC(=O)[C@H]4C(C)(C)CCC[C@@]4(C)[C@H]2CC[C@@H]1C3. The molecule has 0 unspecified atom stereocenters. The lowest BCUT2D eigenvalue weighted by molar-refractivity contribution is -0.174. The van der Waals surface area contributed by atoms with Gasteiger partial charge >= 0.3 is 0 Å². The number of Topliss-reactive ketones (excluding diaryl/α,β-unsaturated/α-hetero) is 2. The van der Waals surface area contributed by atoms with E-state index in [1.165, 1.54) is 6.42 Å². The standard InChI is InChI=1S/C20H28O2/c1-12-13-6-7-15-19(4)9-5-8-18(2,3)16(19)14(21)11-20(15,10-13)17(12)22/h13,15-16H,1,5-11H2,2-4H3/t13-,15-,16+,19+,20+/m1/s1. The quantitative estimate of drug-likeness (QED) is 0.624. The van der Waals surface area contributed by atoms with Gasteiger partial charge in [0, 0.05) is 17.8 Å². The molecule has 1 spiro atoms. The summed E-state index contributed by atoms with van der Waals surface area (Å²) in [4.78, 5) is 26.2. The molecule has 0 saturated heterocycles.